The molecule has 0 atom stereocenters. The Morgan fingerprint density at radius 2 is 2.09 bits per heavy atom. The molecule has 11 heavy (non-hydrogen) atoms. The molecule has 3 heteroatoms. The van der Waals surface area contributed by atoms with E-state index in [1.807, 2.05) is 4.90 Å². The summed E-state index contributed by atoms with van der Waals surface area (Å²) in [4.78, 5) is 5.38. The van der Waals surface area contributed by atoms with Gasteiger partial charge in [-0.1, -0.05) is 6.92 Å². The first-order valence-electron chi connectivity index (χ1n) is 3.92. The second kappa shape index (κ2) is 3.97. The van der Waals surface area contributed by atoms with Crippen LogP contribution in [-0.2, 0) is 0 Å². The van der Waals surface area contributed by atoms with Crippen LogP contribution >= 0.6 is 0 Å². The Labute approximate surface area is 67.3 Å². The fourth-order valence-corrected chi connectivity index (χ4v) is 1.20. The van der Waals surface area contributed by atoms with Crippen molar-refractivity contribution in [1.29, 1.82) is 5.26 Å². The van der Waals surface area contributed by atoms with Crippen LogP contribution in [0.1, 0.15) is 19.8 Å². The number of likely N-dealkylation sites (tertiary alicyclic amines) is 1. The van der Waals surface area contributed by atoms with Gasteiger partial charge in [0.05, 0.1) is 0 Å². The molecular formula is C8H12N3. The van der Waals surface area contributed by atoms with E-state index in [1.165, 1.54) is 12.8 Å². The molecule has 0 aromatic heterocycles. The predicted molar refractivity (Wildman–Crippen MR) is 43.0 cm³/mol. The van der Waals surface area contributed by atoms with Crippen LogP contribution in [0.5, 0.6) is 0 Å². The van der Waals surface area contributed by atoms with Gasteiger partial charge in [-0.25, -0.2) is 0 Å². The molecule has 59 valence electrons. The summed E-state index contributed by atoms with van der Waals surface area (Å²) in [6.45, 7) is 4.23. The maximum absolute atomic E-state index is 8.14. The van der Waals surface area contributed by atoms with Crippen LogP contribution in [0.4, 0.5) is 0 Å². The van der Waals surface area contributed by atoms with E-state index >= 15 is 0 Å². The molecule has 0 N–H and O–H groups in total. The maximum atomic E-state index is 8.14. The van der Waals surface area contributed by atoms with E-state index in [4.69, 9.17) is 5.26 Å². The van der Waals surface area contributed by atoms with Crippen LogP contribution < -0.4 is 0 Å². The largest absolute Gasteiger partial charge is 0.353 e. The van der Waals surface area contributed by atoms with Crippen molar-refractivity contribution in [2.45, 2.75) is 19.8 Å². The molecule has 0 spiro atoms. The first-order chi connectivity index (χ1) is 5.33. The second-order valence-electron chi connectivity index (χ2n) is 2.98. The first-order valence-corrected chi connectivity index (χ1v) is 3.92. The van der Waals surface area contributed by atoms with Gasteiger partial charge in [-0.2, -0.15) is 10.3 Å². The summed E-state index contributed by atoms with van der Waals surface area (Å²) in [5.41, 5.74) is 0. The number of nitrogens with zero attached hydrogens (tertiary/aromatic N) is 3. The van der Waals surface area contributed by atoms with E-state index in [0.29, 0.717) is 0 Å². The quantitative estimate of drug-likeness (QED) is 0.319. The van der Waals surface area contributed by atoms with Crippen molar-refractivity contribution >= 4 is 6.34 Å². The number of piperidine rings is 1. The molecule has 1 saturated heterocycles. The van der Waals surface area contributed by atoms with Gasteiger partial charge < -0.3 is 4.90 Å². The van der Waals surface area contributed by atoms with Gasteiger partial charge in [-0.15, -0.1) is 0 Å². The zero-order chi connectivity index (χ0) is 8.10. The summed E-state index contributed by atoms with van der Waals surface area (Å²) in [5, 5.41) is 8.14. The van der Waals surface area contributed by atoms with E-state index in [-0.39, 0.29) is 0 Å². The molecule has 0 unspecified atom stereocenters. The molecule has 3 nitrogen and oxygen atoms in total. The molecule has 0 amide bonds. The lowest BCUT2D eigenvalue weighted by Crippen LogP contribution is -2.31. The molecule has 1 aliphatic heterocycles. The van der Waals surface area contributed by atoms with Crippen LogP contribution in [-0.4, -0.2) is 24.3 Å². The lowest BCUT2D eigenvalue weighted by atomic mass is 10.00. The number of aliphatic imine (C=N–C) groups is 1. The Balaban J connectivity index is 2.29. The highest BCUT2D eigenvalue weighted by Crippen LogP contribution is 2.14. The first kappa shape index (κ1) is 8.06. The van der Waals surface area contributed by atoms with Gasteiger partial charge >= 0.3 is 0 Å². The summed E-state index contributed by atoms with van der Waals surface area (Å²) < 4.78 is 0. The van der Waals surface area contributed by atoms with E-state index in [0.717, 1.165) is 19.0 Å². The smallest absolute Gasteiger partial charge is 0.207 e. The van der Waals surface area contributed by atoms with Crippen molar-refractivity contribution in [3.05, 3.63) is 0 Å². The Morgan fingerprint density at radius 3 is 2.64 bits per heavy atom. The average Bonchev–Trinajstić information content (AvgIpc) is 2.04. The Hall–Kier alpha value is -1.04. The van der Waals surface area contributed by atoms with E-state index in [1.54, 1.807) is 6.19 Å². The van der Waals surface area contributed by atoms with Gasteiger partial charge in [0.2, 0.25) is 6.19 Å². The number of hydrogen-bond donors (Lipinski definition) is 0. The van der Waals surface area contributed by atoms with Crippen molar-refractivity contribution < 1.29 is 0 Å². The molecule has 1 fully saturated rings. The topological polar surface area (TPSA) is 39.4 Å². The predicted octanol–water partition coefficient (Wildman–Crippen LogP) is 1.10. The molecular weight excluding hydrogens is 138 g/mol. The molecule has 1 heterocycles. The van der Waals surface area contributed by atoms with E-state index in [2.05, 4.69) is 18.3 Å². The fourth-order valence-electron chi connectivity index (χ4n) is 1.20. The number of rotatable bonds is 1. The van der Waals surface area contributed by atoms with Gasteiger partial charge in [0.25, 0.3) is 0 Å². The lowest BCUT2D eigenvalue weighted by Gasteiger charge is -2.26. The van der Waals surface area contributed by atoms with E-state index in [9.17, 15) is 0 Å². The maximum Gasteiger partial charge on any atom is 0.207 e. The molecule has 1 radical (unpaired) electrons. The molecule has 0 aromatic rings. The summed E-state index contributed by atoms with van der Waals surface area (Å²) in [6.07, 6.45) is 6.76. The van der Waals surface area contributed by atoms with Crippen LogP contribution in [0.3, 0.4) is 0 Å². The highest BCUT2D eigenvalue weighted by molar-refractivity contribution is 5.56. The highest BCUT2D eigenvalue weighted by atomic mass is 15.1. The minimum absolute atomic E-state index is 0.815. The molecule has 0 aliphatic carbocycles. The van der Waals surface area contributed by atoms with Crippen molar-refractivity contribution in [3.63, 3.8) is 0 Å². The normalized spacial score (nSPS) is 20.5. The summed E-state index contributed by atoms with van der Waals surface area (Å²) >= 11 is 0. The molecule has 1 aliphatic rings. The lowest BCUT2D eigenvalue weighted by molar-refractivity contribution is 0.287. The van der Waals surface area contributed by atoms with Crippen LogP contribution in [0.2, 0.25) is 0 Å². The summed E-state index contributed by atoms with van der Waals surface area (Å²) in [6, 6.07) is 0. The Bertz CT molecular complexity index is 172. The number of nitriles is 1. The van der Waals surface area contributed by atoms with Crippen molar-refractivity contribution in [2.24, 2.45) is 10.9 Å². The van der Waals surface area contributed by atoms with Gasteiger partial charge in [-0.3, -0.25) is 0 Å². The van der Waals surface area contributed by atoms with Gasteiger partial charge in [0, 0.05) is 13.1 Å². The Kier molecular flexibility index (Phi) is 2.91. The third kappa shape index (κ3) is 2.58. The minimum atomic E-state index is 0.815. The molecule has 0 bridgehead atoms. The van der Waals surface area contributed by atoms with E-state index < -0.39 is 0 Å². The summed E-state index contributed by atoms with van der Waals surface area (Å²) in [7, 11) is 0. The SMILES string of the molecule is CC1CCN(/[C]=N/C#N)CC1. The van der Waals surface area contributed by atoms with Crippen LogP contribution in [0.15, 0.2) is 4.99 Å². The third-order valence-corrected chi connectivity index (χ3v) is 2.03. The highest BCUT2D eigenvalue weighted by Gasteiger charge is 2.12. The standard InChI is InChI=1S/C8H12N3/c1-8-2-4-11(5-3-8)7-10-6-9/h8H,2-5H2,1H3. The zero-order valence-electron chi connectivity index (χ0n) is 6.75. The third-order valence-electron chi connectivity index (χ3n) is 2.03. The monoisotopic (exact) mass is 150 g/mol. The molecule has 1 rings (SSSR count). The fraction of sp³-hybridized carbons (Fsp3) is 0.750. The van der Waals surface area contributed by atoms with Crippen molar-refractivity contribution in [3.8, 4) is 6.19 Å². The number of hydrogen-bond acceptors (Lipinski definition) is 2. The Morgan fingerprint density at radius 1 is 1.45 bits per heavy atom. The van der Waals surface area contributed by atoms with Crippen LogP contribution in [0, 0.1) is 17.4 Å². The summed E-state index contributed by atoms with van der Waals surface area (Å²) in [5.74, 6) is 0.815. The second-order valence-corrected chi connectivity index (χ2v) is 2.98. The average molecular weight is 150 g/mol. The zero-order valence-corrected chi connectivity index (χ0v) is 6.75. The molecule has 0 aromatic carbocycles. The van der Waals surface area contributed by atoms with Gasteiger partial charge in [0.1, 0.15) is 0 Å². The van der Waals surface area contributed by atoms with Gasteiger partial charge in [-0.05, 0) is 18.8 Å². The van der Waals surface area contributed by atoms with Crippen LogP contribution in [0.25, 0.3) is 0 Å². The van der Waals surface area contributed by atoms with Crippen molar-refractivity contribution in [2.75, 3.05) is 13.1 Å². The van der Waals surface area contributed by atoms with Gasteiger partial charge in [0.15, 0.2) is 6.34 Å². The molecule has 0 saturated carbocycles. The van der Waals surface area contributed by atoms with Crippen molar-refractivity contribution in [1.82, 2.24) is 4.90 Å². The minimum Gasteiger partial charge on any atom is -0.353 e.